The van der Waals surface area contributed by atoms with Crippen LogP contribution in [0.5, 0.6) is 5.75 Å². The standard InChI is InChI=1S/C20H20ClFN2O3/c1-27-18-10-4-14(13-17(18)22)5-11-19(25)23-12-2-3-20(26)24-16-8-6-15(21)7-9-16/h4-11,13H,2-3,12H2,1H3,(H,23,25)(H,24,26). The summed E-state index contributed by atoms with van der Waals surface area (Å²) in [6.07, 6.45) is 3.59. The zero-order valence-electron chi connectivity index (χ0n) is 14.8. The first-order valence-corrected chi connectivity index (χ1v) is 8.70. The molecule has 0 aromatic heterocycles. The molecule has 0 aliphatic rings. The zero-order chi connectivity index (χ0) is 19.6. The van der Waals surface area contributed by atoms with E-state index in [1.807, 2.05) is 0 Å². The molecule has 0 unspecified atom stereocenters. The molecule has 5 nitrogen and oxygen atoms in total. The minimum absolute atomic E-state index is 0.143. The Kier molecular flexibility index (Phi) is 7.82. The molecule has 0 spiro atoms. The van der Waals surface area contributed by atoms with Crippen LogP contribution in [0.4, 0.5) is 10.1 Å². The lowest BCUT2D eigenvalue weighted by atomic mass is 10.2. The lowest BCUT2D eigenvalue weighted by Gasteiger charge is -2.06. The molecule has 2 amide bonds. The largest absolute Gasteiger partial charge is 0.494 e. The van der Waals surface area contributed by atoms with Crippen LogP contribution in [0.25, 0.3) is 6.08 Å². The van der Waals surface area contributed by atoms with Gasteiger partial charge < -0.3 is 15.4 Å². The smallest absolute Gasteiger partial charge is 0.243 e. The molecule has 142 valence electrons. The molecule has 2 rings (SSSR count). The number of carbonyl (C=O) groups is 2. The van der Waals surface area contributed by atoms with Crippen molar-refractivity contribution < 1.29 is 18.7 Å². The van der Waals surface area contributed by atoms with Gasteiger partial charge in [0.1, 0.15) is 0 Å². The van der Waals surface area contributed by atoms with Crippen LogP contribution in [0.2, 0.25) is 5.02 Å². The van der Waals surface area contributed by atoms with Gasteiger partial charge in [0.25, 0.3) is 0 Å². The Labute approximate surface area is 162 Å². The molecule has 2 aromatic rings. The van der Waals surface area contributed by atoms with E-state index in [9.17, 15) is 14.0 Å². The Bertz CT molecular complexity index is 822. The van der Waals surface area contributed by atoms with E-state index in [1.54, 1.807) is 30.3 Å². The van der Waals surface area contributed by atoms with E-state index in [-0.39, 0.29) is 24.0 Å². The second-order valence-electron chi connectivity index (χ2n) is 5.68. The van der Waals surface area contributed by atoms with Crippen LogP contribution in [0.3, 0.4) is 0 Å². The van der Waals surface area contributed by atoms with E-state index in [2.05, 4.69) is 10.6 Å². The first-order valence-electron chi connectivity index (χ1n) is 8.33. The molecule has 0 saturated heterocycles. The third-order valence-electron chi connectivity index (χ3n) is 3.61. The molecule has 2 aromatic carbocycles. The van der Waals surface area contributed by atoms with Crippen LogP contribution in [0.1, 0.15) is 18.4 Å². The lowest BCUT2D eigenvalue weighted by Crippen LogP contribution is -2.23. The average Bonchev–Trinajstić information content (AvgIpc) is 2.65. The predicted octanol–water partition coefficient (Wildman–Crippen LogP) is 4.04. The van der Waals surface area contributed by atoms with Gasteiger partial charge in [-0.25, -0.2) is 4.39 Å². The molecule has 2 N–H and O–H groups in total. The SMILES string of the molecule is COc1ccc(C=CC(=O)NCCCC(=O)Nc2ccc(Cl)cc2)cc1F. The monoisotopic (exact) mass is 390 g/mol. The maximum Gasteiger partial charge on any atom is 0.243 e. The Hall–Kier alpha value is -2.86. The van der Waals surface area contributed by atoms with Crippen molar-refractivity contribution in [2.75, 3.05) is 19.0 Å². The fourth-order valence-electron chi connectivity index (χ4n) is 2.23. The van der Waals surface area contributed by atoms with Gasteiger partial charge in [0.15, 0.2) is 11.6 Å². The number of amides is 2. The number of halogens is 2. The van der Waals surface area contributed by atoms with Crippen LogP contribution in [0, 0.1) is 5.82 Å². The van der Waals surface area contributed by atoms with Crippen LogP contribution in [-0.2, 0) is 9.59 Å². The predicted molar refractivity (Wildman–Crippen MR) is 104 cm³/mol. The number of carbonyl (C=O) groups excluding carboxylic acids is 2. The molecule has 0 heterocycles. The Morgan fingerprint density at radius 2 is 1.93 bits per heavy atom. The third-order valence-corrected chi connectivity index (χ3v) is 3.86. The summed E-state index contributed by atoms with van der Waals surface area (Å²) >= 11 is 5.78. The number of benzene rings is 2. The first kappa shape index (κ1) is 20.5. The normalized spacial score (nSPS) is 10.6. The topological polar surface area (TPSA) is 67.4 Å². The summed E-state index contributed by atoms with van der Waals surface area (Å²) in [5.74, 6) is -0.805. The fourth-order valence-corrected chi connectivity index (χ4v) is 2.36. The number of methoxy groups -OCH3 is 1. The van der Waals surface area contributed by atoms with Gasteiger partial charge in [0.05, 0.1) is 7.11 Å². The third kappa shape index (κ3) is 7.11. The van der Waals surface area contributed by atoms with Crippen LogP contribution in [-0.4, -0.2) is 25.5 Å². The van der Waals surface area contributed by atoms with Gasteiger partial charge in [-0.15, -0.1) is 0 Å². The van der Waals surface area contributed by atoms with Gasteiger partial charge >= 0.3 is 0 Å². The minimum Gasteiger partial charge on any atom is -0.494 e. The van der Waals surface area contributed by atoms with Gasteiger partial charge in [-0.05, 0) is 54.5 Å². The van der Waals surface area contributed by atoms with Gasteiger partial charge in [-0.3, -0.25) is 9.59 Å². The molecule has 7 heteroatoms. The highest BCUT2D eigenvalue weighted by Crippen LogP contribution is 2.18. The number of nitrogens with one attached hydrogen (secondary N) is 2. The molecule has 0 atom stereocenters. The van der Waals surface area contributed by atoms with Crippen LogP contribution >= 0.6 is 11.6 Å². The maximum atomic E-state index is 13.6. The molecule has 27 heavy (non-hydrogen) atoms. The van der Waals surface area contributed by atoms with E-state index < -0.39 is 5.82 Å². The molecule has 0 saturated carbocycles. The van der Waals surface area contributed by atoms with Crippen molar-refractivity contribution in [3.63, 3.8) is 0 Å². The van der Waals surface area contributed by atoms with Crippen molar-refractivity contribution >= 4 is 35.2 Å². The maximum absolute atomic E-state index is 13.6. The Morgan fingerprint density at radius 3 is 2.59 bits per heavy atom. The van der Waals surface area contributed by atoms with Gasteiger partial charge in [-0.1, -0.05) is 17.7 Å². The van der Waals surface area contributed by atoms with Crippen molar-refractivity contribution in [3.8, 4) is 5.75 Å². The van der Waals surface area contributed by atoms with Crippen molar-refractivity contribution in [3.05, 3.63) is 64.9 Å². The number of anilines is 1. The minimum atomic E-state index is -0.494. The average molecular weight is 391 g/mol. The van der Waals surface area contributed by atoms with E-state index >= 15 is 0 Å². The van der Waals surface area contributed by atoms with Crippen molar-refractivity contribution in [2.24, 2.45) is 0 Å². The van der Waals surface area contributed by atoms with Gasteiger partial charge in [0.2, 0.25) is 11.8 Å². The van der Waals surface area contributed by atoms with Crippen LogP contribution < -0.4 is 15.4 Å². The highest BCUT2D eigenvalue weighted by Gasteiger charge is 2.04. The summed E-state index contributed by atoms with van der Waals surface area (Å²) in [5, 5.41) is 6.02. The highest BCUT2D eigenvalue weighted by atomic mass is 35.5. The summed E-state index contributed by atoms with van der Waals surface area (Å²) in [5.41, 5.74) is 1.22. The summed E-state index contributed by atoms with van der Waals surface area (Å²) in [6.45, 7) is 0.355. The van der Waals surface area contributed by atoms with Crippen molar-refractivity contribution in [1.82, 2.24) is 5.32 Å². The summed E-state index contributed by atoms with van der Waals surface area (Å²) in [6, 6.07) is 11.2. The number of ether oxygens (including phenoxy) is 1. The lowest BCUT2D eigenvalue weighted by molar-refractivity contribution is -0.118. The zero-order valence-corrected chi connectivity index (χ0v) is 15.6. The van der Waals surface area contributed by atoms with Crippen molar-refractivity contribution in [2.45, 2.75) is 12.8 Å². The quantitative estimate of drug-likeness (QED) is 0.528. The van der Waals surface area contributed by atoms with E-state index in [1.165, 1.54) is 31.4 Å². The van der Waals surface area contributed by atoms with E-state index in [0.717, 1.165) is 0 Å². The molecule has 0 aliphatic heterocycles. The Morgan fingerprint density at radius 1 is 1.19 bits per heavy atom. The van der Waals surface area contributed by atoms with Crippen molar-refractivity contribution in [1.29, 1.82) is 0 Å². The number of hydrogen-bond donors (Lipinski definition) is 2. The molecule has 0 radical (unpaired) electrons. The van der Waals surface area contributed by atoms with E-state index in [4.69, 9.17) is 16.3 Å². The summed E-state index contributed by atoms with van der Waals surface area (Å²) in [4.78, 5) is 23.6. The molecular weight excluding hydrogens is 371 g/mol. The number of rotatable bonds is 8. The van der Waals surface area contributed by atoms with Gasteiger partial charge in [-0.2, -0.15) is 0 Å². The highest BCUT2D eigenvalue weighted by molar-refractivity contribution is 6.30. The second-order valence-corrected chi connectivity index (χ2v) is 6.11. The fraction of sp³-hybridized carbons (Fsp3) is 0.200. The van der Waals surface area contributed by atoms with Gasteiger partial charge in [0, 0.05) is 29.8 Å². The first-order chi connectivity index (χ1) is 13.0. The van der Waals surface area contributed by atoms with Crippen LogP contribution in [0.15, 0.2) is 48.5 Å². The number of hydrogen-bond acceptors (Lipinski definition) is 3. The molecule has 0 bridgehead atoms. The molecule has 0 aliphatic carbocycles. The second kappa shape index (κ2) is 10.3. The molecule has 0 fully saturated rings. The Balaban J connectivity index is 1.68. The van der Waals surface area contributed by atoms with E-state index in [0.29, 0.717) is 29.2 Å². The summed E-state index contributed by atoms with van der Waals surface area (Å²) < 4.78 is 18.4. The summed E-state index contributed by atoms with van der Waals surface area (Å²) in [7, 11) is 1.39. The molecular formula is C20H20ClFN2O3.